The number of benzene rings is 1. The Bertz CT molecular complexity index is 820. The molecule has 1 aromatic heterocycles. The molecule has 7 heteroatoms. The number of carbonyl (C=O) groups is 2. The summed E-state index contributed by atoms with van der Waals surface area (Å²) in [5, 5.41) is 4.92. The van der Waals surface area contributed by atoms with Gasteiger partial charge in [0.05, 0.1) is 18.9 Å². The van der Waals surface area contributed by atoms with E-state index in [0.29, 0.717) is 5.39 Å². The first kappa shape index (κ1) is 17.7. The summed E-state index contributed by atoms with van der Waals surface area (Å²) in [6, 6.07) is 7.20. The van der Waals surface area contributed by atoms with Gasteiger partial charge in [0.1, 0.15) is 0 Å². The fourth-order valence-corrected chi connectivity index (χ4v) is 2.81. The summed E-state index contributed by atoms with van der Waals surface area (Å²) in [4.78, 5) is 36.2. The summed E-state index contributed by atoms with van der Waals surface area (Å²) < 4.78 is 10.5. The first-order chi connectivity index (χ1) is 11.6. The largest absolute Gasteiger partial charge is 0.462 e. The second-order valence-electron chi connectivity index (χ2n) is 4.62. The van der Waals surface area contributed by atoms with Crippen molar-refractivity contribution < 1.29 is 19.1 Å². The standard InChI is InChI=1S/C17H17NO5S/c1-3-22-16(20)12(17(21)23-4-2)9-18-13-10-24-14-8-6-5-7-11(14)15(13)19/h5-10,18H,3-4H2,1-2H3. The van der Waals surface area contributed by atoms with E-state index in [2.05, 4.69) is 5.32 Å². The predicted molar refractivity (Wildman–Crippen MR) is 93.1 cm³/mol. The molecule has 0 unspecified atom stereocenters. The molecular formula is C17H17NO5S. The minimum Gasteiger partial charge on any atom is -0.462 e. The number of fused-ring (bicyclic) bond motifs is 1. The Kier molecular flexibility index (Phi) is 6.08. The first-order valence-electron chi connectivity index (χ1n) is 7.40. The Labute approximate surface area is 142 Å². The van der Waals surface area contributed by atoms with Crippen LogP contribution in [0.25, 0.3) is 10.1 Å². The van der Waals surface area contributed by atoms with Gasteiger partial charge in [0.25, 0.3) is 0 Å². The van der Waals surface area contributed by atoms with Crippen LogP contribution in [0.2, 0.25) is 0 Å². The van der Waals surface area contributed by atoms with Gasteiger partial charge in [0.2, 0.25) is 5.43 Å². The van der Waals surface area contributed by atoms with Gasteiger partial charge < -0.3 is 14.8 Å². The molecule has 2 aromatic rings. The number of ether oxygens (including phenoxy) is 2. The van der Waals surface area contributed by atoms with Gasteiger partial charge in [-0.05, 0) is 26.0 Å². The number of carbonyl (C=O) groups excluding carboxylic acids is 2. The summed E-state index contributed by atoms with van der Waals surface area (Å²) in [5.74, 6) is -1.61. The molecule has 1 heterocycles. The molecule has 0 radical (unpaired) electrons. The number of hydrogen-bond donors (Lipinski definition) is 1. The summed E-state index contributed by atoms with van der Waals surface area (Å²) >= 11 is 1.38. The lowest BCUT2D eigenvalue weighted by Crippen LogP contribution is -2.20. The quantitative estimate of drug-likeness (QED) is 0.374. The Morgan fingerprint density at radius 3 is 2.38 bits per heavy atom. The fraction of sp³-hybridized carbons (Fsp3) is 0.235. The van der Waals surface area contributed by atoms with Crippen molar-refractivity contribution in [3.63, 3.8) is 0 Å². The summed E-state index contributed by atoms with van der Waals surface area (Å²) in [6.07, 6.45) is 1.15. The highest BCUT2D eigenvalue weighted by molar-refractivity contribution is 7.16. The van der Waals surface area contributed by atoms with Crippen LogP contribution in [0.15, 0.2) is 46.2 Å². The topological polar surface area (TPSA) is 81.7 Å². The maximum atomic E-state index is 12.4. The molecular weight excluding hydrogens is 330 g/mol. The van der Waals surface area contributed by atoms with Gasteiger partial charge in [-0.15, -0.1) is 11.3 Å². The van der Waals surface area contributed by atoms with Crippen LogP contribution < -0.4 is 10.7 Å². The third kappa shape index (κ3) is 3.99. The second-order valence-corrected chi connectivity index (χ2v) is 5.53. The molecule has 0 aliphatic carbocycles. The van der Waals surface area contributed by atoms with Gasteiger partial charge in [-0.25, -0.2) is 9.59 Å². The van der Waals surface area contributed by atoms with E-state index in [1.807, 2.05) is 12.1 Å². The maximum Gasteiger partial charge on any atom is 0.347 e. The molecule has 126 valence electrons. The lowest BCUT2D eigenvalue weighted by Gasteiger charge is -2.07. The Morgan fingerprint density at radius 2 is 1.75 bits per heavy atom. The summed E-state index contributed by atoms with van der Waals surface area (Å²) in [6.45, 7) is 3.52. The number of rotatable bonds is 6. The van der Waals surface area contributed by atoms with Crippen LogP contribution in [0, 0.1) is 0 Å². The van der Waals surface area contributed by atoms with Gasteiger partial charge in [-0.3, -0.25) is 4.79 Å². The molecule has 0 bridgehead atoms. The van der Waals surface area contributed by atoms with Gasteiger partial charge in [0, 0.05) is 21.7 Å². The van der Waals surface area contributed by atoms with Crippen molar-refractivity contribution in [3.05, 3.63) is 51.6 Å². The SMILES string of the molecule is CCOC(=O)C(=CNc1csc2ccccc2c1=O)C(=O)OCC. The second kappa shape index (κ2) is 8.26. The smallest absolute Gasteiger partial charge is 0.347 e. The summed E-state index contributed by atoms with van der Waals surface area (Å²) in [5.41, 5.74) is -0.242. The lowest BCUT2D eigenvalue weighted by molar-refractivity contribution is -0.146. The van der Waals surface area contributed by atoms with Gasteiger partial charge in [0.15, 0.2) is 5.57 Å². The molecule has 0 spiro atoms. The average molecular weight is 347 g/mol. The third-order valence-electron chi connectivity index (χ3n) is 3.04. The lowest BCUT2D eigenvalue weighted by atomic mass is 10.2. The molecule has 1 aromatic carbocycles. The molecule has 2 rings (SSSR count). The van der Waals surface area contributed by atoms with E-state index >= 15 is 0 Å². The van der Waals surface area contributed by atoms with E-state index in [4.69, 9.17) is 9.47 Å². The highest BCUT2D eigenvalue weighted by Gasteiger charge is 2.21. The van der Waals surface area contributed by atoms with Crippen LogP contribution in [0.3, 0.4) is 0 Å². The van der Waals surface area contributed by atoms with Crippen LogP contribution in [0.1, 0.15) is 13.8 Å². The number of anilines is 1. The third-order valence-corrected chi connectivity index (χ3v) is 4.01. The van der Waals surface area contributed by atoms with E-state index in [9.17, 15) is 14.4 Å². The molecule has 0 atom stereocenters. The van der Waals surface area contributed by atoms with E-state index in [-0.39, 0.29) is 29.9 Å². The van der Waals surface area contributed by atoms with E-state index in [1.165, 1.54) is 11.3 Å². The minimum atomic E-state index is -0.805. The van der Waals surface area contributed by atoms with Crippen molar-refractivity contribution in [1.82, 2.24) is 0 Å². The van der Waals surface area contributed by atoms with Gasteiger partial charge >= 0.3 is 11.9 Å². The van der Waals surface area contributed by atoms with E-state index in [1.54, 1.807) is 31.4 Å². The van der Waals surface area contributed by atoms with Crippen molar-refractivity contribution >= 4 is 39.0 Å². The molecule has 6 nitrogen and oxygen atoms in total. The van der Waals surface area contributed by atoms with E-state index in [0.717, 1.165) is 10.9 Å². The van der Waals surface area contributed by atoms with Crippen LogP contribution in [-0.2, 0) is 19.1 Å². The normalized spacial score (nSPS) is 10.1. The van der Waals surface area contributed by atoms with Crippen molar-refractivity contribution in [1.29, 1.82) is 0 Å². The van der Waals surface area contributed by atoms with Crippen LogP contribution in [-0.4, -0.2) is 25.2 Å². The minimum absolute atomic E-state index is 0.125. The molecule has 0 aliphatic heterocycles. The van der Waals surface area contributed by atoms with Crippen LogP contribution >= 0.6 is 11.3 Å². The Hall–Kier alpha value is -2.67. The number of esters is 2. The number of nitrogens with one attached hydrogen (secondary N) is 1. The molecule has 1 N–H and O–H groups in total. The van der Waals surface area contributed by atoms with Crippen molar-refractivity contribution in [2.45, 2.75) is 13.8 Å². The van der Waals surface area contributed by atoms with Gasteiger partial charge in [-0.2, -0.15) is 0 Å². The van der Waals surface area contributed by atoms with Gasteiger partial charge in [-0.1, -0.05) is 12.1 Å². The zero-order chi connectivity index (χ0) is 17.5. The highest BCUT2D eigenvalue weighted by atomic mass is 32.1. The Morgan fingerprint density at radius 1 is 1.12 bits per heavy atom. The monoisotopic (exact) mass is 347 g/mol. The predicted octanol–water partition coefficient (Wildman–Crippen LogP) is 2.68. The molecule has 24 heavy (non-hydrogen) atoms. The first-order valence-corrected chi connectivity index (χ1v) is 8.28. The fourth-order valence-electron chi connectivity index (χ4n) is 1.95. The van der Waals surface area contributed by atoms with E-state index < -0.39 is 11.9 Å². The zero-order valence-corrected chi connectivity index (χ0v) is 14.1. The molecule has 0 saturated heterocycles. The molecule has 0 amide bonds. The van der Waals surface area contributed by atoms with Crippen LogP contribution in [0.5, 0.6) is 0 Å². The average Bonchev–Trinajstić information content (AvgIpc) is 2.57. The van der Waals surface area contributed by atoms with Crippen molar-refractivity contribution in [2.75, 3.05) is 18.5 Å². The zero-order valence-electron chi connectivity index (χ0n) is 13.3. The van der Waals surface area contributed by atoms with Crippen LogP contribution in [0.4, 0.5) is 5.69 Å². The molecule has 0 saturated carbocycles. The molecule has 0 fully saturated rings. The Balaban J connectivity index is 2.34. The van der Waals surface area contributed by atoms with Crippen molar-refractivity contribution in [2.24, 2.45) is 0 Å². The highest BCUT2D eigenvalue weighted by Crippen LogP contribution is 2.18. The van der Waals surface area contributed by atoms with Crippen molar-refractivity contribution in [3.8, 4) is 0 Å². The summed E-state index contributed by atoms with van der Waals surface area (Å²) in [7, 11) is 0. The molecule has 0 aliphatic rings. The maximum absolute atomic E-state index is 12.4. The number of hydrogen-bond acceptors (Lipinski definition) is 7.